The molecule has 0 aliphatic heterocycles. The predicted molar refractivity (Wildman–Crippen MR) is 124 cm³/mol. The van der Waals surface area contributed by atoms with Crippen LogP contribution in [0.5, 0.6) is 0 Å². The predicted octanol–water partition coefficient (Wildman–Crippen LogP) is 5.71. The quantitative estimate of drug-likeness (QED) is 0.253. The van der Waals surface area contributed by atoms with Crippen LogP contribution in [0.25, 0.3) is 0 Å². The number of hydrogen-bond donors (Lipinski definition) is 0. The molecule has 0 aliphatic carbocycles. The van der Waals surface area contributed by atoms with Gasteiger partial charge in [-0.05, 0) is 25.0 Å². The molecule has 0 bridgehead atoms. The van der Waals surface area contributed by atoms with Crippen molar-refractivity contribution in [3.8, 4) is 0 Å². The Labute approximate surface area is 191 Å². The van der Waals surface area contributed by atoms with Crippen LogP contribution in [0.3, 0.4) is 0 Å². The molecule has 155 valence electrons. The molecule has 0 radical (unpaired) electrons. The molecule has 0 atom stereocenters. The van der Waals surface area contributed by atoms with E-state index in [1.54, 1.807) is 12.4 Å². The number of halogens is 2. The van der Waals surface area contributed by atoms with Crippen LogP contribution in [-0.2, 0) is 13.1 Å². The molecule has 1 heterocycles. The molecule has 0 aliphatic rings. The molecule has 0 fully saturated rings. The second kappa shape index (κ2) is 13.7. The summed E-state index contributed by atoms with van der Waals surface area (Å²) in [5.74, 6) is 0. The zero-order chi connectivity index (χ0) is 21.6. The first kappa shape index (κ1) is 23.8. The molecule has 2 aromatic carbocycles. The molecule has 3 rings (SSSR count). The van der Waals surface area contributed by atoms with Gasteiger partial charge in [0.1, 0.15) is 0 Å². The van der Waals surface area contributed by atoms with Gasteiger partial charge in [0, 0.05) is 11.4 Å². The molecule has 0 saturated heterocycles. The molecular weight excluding hydrogens is 461 g/mol. The molecule has 3 aromatic rings. The first-order valence-corrected chi connectivity index (χ1v) is 11.9. The van der Waals surface area contributed by atoms with E-state index >= 15 is 0 Å². The van der Waals surface area contributed by atoms with E-state index in [0.717, 1.165) is 33.9 Å². The van der Waals surface area contributed by atoms with Crippen molar-refractivity contribution in [3.63, 3.8) is 0 Å². The van der Waals surface area contributed by atoms with Crippen molar-refractivity contribution in [2.24, 2.45) is 20.4 Å². The minimum absolute atomic E-state index is 0.194. The van der Waals surface area contributed by atoms with Crippen LogP contribution in [-0.4, -0.2) is 23.9 Å². The zero-order valence-corrected chi connectivity index (χ0v) is 19.0. The van der Waals surface area contributed by atoms with E-state index < -0.39 is 0 Å². The van der Waals surface area contributed by atoms with Gasteiger partial charge in [-0.3, -0.25) is 0 Å². The molecular formula is C22H20Cl2FeN5. The topological polar surface area (TPSA) is 63.5 Å². The first-order chi connectivity index (χ1) is 14.6. The summed E-state index contributed by atoms with van der Waals surface area (Å²) in [5, 5.41) is 16.7. The average molecular weight is 481 g/mol. The fourth-order valence-corrected chi connectivity index (χ4v) is 2.31. The molecule has 0 N–H and O–H groups in total. The Morgan fingerprint density at radius 3 is 1.43 bits per heavy atom. The Balaban J connectivity index is 0.00000101. The van der Waals surface area contributed by atoms with Crippen molar-refractivity contribution in [1.29, 1.82) is 0 Å². The van der Waals surface area contributed by atoms with Crippen molar-refractivity contribution >= 4 is 44.0 Å². The van der Waals surface area contributed by atoms with E-state index in [1.807, 2.05) is 86.6 Å². The summed E-state index contributed by atoms with van der Waals surface area (Å²) in [7, 11) is 9.53. The molecule has 0 amide bonds. The monoisotopic (exact) mass is 480 g/mol. The van der Waals surface area contributed by atoms with Gasteiger partial charge in [-0.25, -0.2) is 0 Å². The standard InChI is InChI=1S/C22H20N5.2ClH.Fe/c1-17(26-23-15-19-9-5-3-6-10-19)21-13-14-22(25-21)18(2)27-24-16-20-11-7-4-8-12-20;;;/h3-16H,1-2H3;2*1H;/q-1;;;+3/p-2/b23-15-,24-16-,26-17+,27-18+;;;. The van der Waals surface area contributed by atoms with E-state index in [-0.39, 0.29) is 13.1 Å². The zero-order valence-electron chi connectivity index (χ0n) is 16.4. The molecule has 0 saturated carbocycles. The molecule has 0 spiro atoms. The maximum absolute atomic E-state index is 4.76. The third-order valence-corrected chi connectivity index (χ3v) is 3.81. The summed E-state index contributed by atoms with van der Waals surface area (Å²) in [6, 6.07) is 23.5. The Morgan fingerprint density at radius 1 is 0.700 bits per heavy atom. The molecule has 30 heavy (non-hydrogen) atoms. The summed E-state index contributed by atoms with van der Waals surface area (Å²) in [4.78, 5) is 4.55. The van der Waals surface area contributed by atoms with Gasteiger partial charge in [-0.15, -0.1) is 11.4 Å². The van der Waals surface area contributed by atoms with Gasteiger partial charge in [-0.2, -0.15) is 20.4 Å². The van der Waals surface area contributed by atoms with Gasteiger partial charge in [0.25, 0.3) is 0 Å². The van der Waals surface area contributed by atoms with Crippen LogP contribution in [0.4, 0.5) is 0 Å². The van der Waals surface area contributed by atoms with Crippen LogP contribution in [0, 0.1) is 0 Å². The summed E-state index contributed by atoms with van der Waals surface area (Å²) in [6.07, 6.45) is 3.44. The number of hydrogen-bond acceptors (Lipinski definition) is 4. The second-order valence-corrected chi connectivity index (χ2v) is 7.77. The van der Waals surface area contributed by atoms with Gasteiger partial charge >= 0.3 is 33.3 Å². The van der Waals surface area contributed by atoms with E-state index in [9.17, 15) is 0 Å². The van der Waals surface area contributed by atoms with Crippen molar-refractivity contribution in [2.75, 3.05) is 0 Å². The number of nitrogens with zero attached hydrogens (tertiary/aromatic N) is 5. The van der Waals surface area contributed by atoms with Gasteiger partial charge in [0.2, 0.25) is 0 Å². The van der Waals surface area contributed by atoms with Crippen molar-refractivity contribution in [3.05, 3.63) is 95.3 Å². The SMILES string of the molecule is C/C(=N\N=C/c1ccccc1)c1ccc(/C(C)=N/N=C\c2ccccc2)[n-]1.[Cl][Fe+][Cl]. The van der Waals surface area contributed by atoms with Crippen LogP contribution >= 0.6 is 20.2 Å². The first-order valence-electron chi connectivity index (χ1n) is 8.89. The fourth-order valence-electron chi connectivity index (χ4n) is 2.31. The Morgan fingerprint density at radius 2 is 1.07 bits per heavy atom. The summed E-state index contributed by atoms with van der Waals surface area (Å²) < 4.78 is 0. The van der Waals surface area contributed by atoms with E-state index in [1.165, 1.54) is 0 Å². The fraction of sp³-hybridized carbons (Fsp3) is 0.0909. The van der Waals surface area contributed by atoms with Crippen LogP contribution < -0.4 is 4.98 Å². The average Bonchev–Trinajstić information content (AvgIpc) is 3.26. The van der Waals surface area contributed by atoms with E-state index in [4.69, 9.17) is 20.2 Å². The Hall–Kier alpha value is -2.50. The second-order valence-electron chi connectivity index (χ2n) is 5.95. The van der Waals surface area contributed by atoms with Crippen LogP contribution in [0.15, 0.2) is 93.2 Å². The third kappa shape index (κ3) is 8.47. The van der Waals surface area contributed by atoms with Crippen molar-refractivity contribution < 1.29 is 13.1 Å². The van der Waals surface area contributed by atoms with Gasteiger partial charge in [-0.1, -0.05) is 72.8 Å². The third-order valence-electron chi connectivity index (χ3n) is 3.81. The van der Waals surface area contributed by atoms with Gasteiger partial charge in [0.05, 0.1) is 12.4 Å². The van der Waals surface area contributed by atoms with Crippen LogP contribution in [0.1, 0.15) is 36.4 Å². The van der Waals surface area contributed by atoms with Gasteiger partial charge in [0.15, 0.2) is 0 Å². The summed E-state index contributed by atoms with van der Waals surface area (Å²) in [6.45, 7) is 3.77. The molecule has 8 heteroatoms. The Bertz CT molecular complexity index is 932. The summed E-state index contributed by atoms with van der Waals surface area (Å²) >= 11 is 0.194. The van der Waals surface area contributed by atoms with E-state index in [0.29, 0.717) is 0 Å². The Kier molecular flexibility index (Phi) is 10.8. The molecule has 1 aromatic heterocycles. The normalized spacial score (nSPS) is 12.3. The molecule has 5 nitrogen and oxygen atoms in total. The minimum atomic E-state index is 0.194. The number of rotatable bonds is 6. The maximum atomic E-state index is 4.76. The van der Waals surface area contributed by atoms with Crippen LogP contribution in [0.2, 0.25) is 0 Å². The van der Waals surface area contributed by atoms with Crippen molar-refractivity contribution in [1.82, 2.24) is 4.98 Å². The summed E-state index contributed by atoms with van der Waals surface area (Å²) in [5.41, 5.74) is 5.05. The van der Waals surface area contributed by atoms with Crippen molar-refractivity contribution in [2.45, 2.75) is 13.8 Å². The number of benzene rings is 2. The number of aromatic nitrogens is 1. The van der Waals surface area contributed by atoms with Gasteiger partial charge < -0.3 is 4.98 Å². The van der Waals surface area contributed by atoms with E-state index in [2.05, 4.69) is 25.4 Å². The molecule has 0 unspecified atom stereocenters.